The van der Waals surface area contributed by atoms with E-state index in [0.29, 0.717) is 23.2 Å². The van der Waals surface area contributed by atoms with Gasteiger partial charge in [0.15, 0.2) is 11.5 Å². The molecule has 0 unspecified atom stereocenters. The van der Waals surface area contributed by atoms with Gasteiger partial charge in [-0.05, 0) is 43.2 Å². The second-order valence-electron chi connectivity index (χ2n) is 8.85. The van der Waals surface area contributed by atoms with E-state index in [2.05, 4.69) is 29.0 Å². The van der Waals surface area contributed by atoms with Crippen LogP contribution in [0.3, 0.4) is 0 Å². The summed E-state index contributed by atoms with van der Waals surface area (Å²) in [4.78, 5) is 14.1. The first kappa shape index (κ1) is 20.5. The van der Waals surface area contributed by atoms with E-state index in [-0.39, 0.29) is 5.92 Å². The van der Waals surface area contributed by atoms with Crippen LogP contribution in [0.15, 0.2) is 85.5 Å². The van der Waals surface area contributed by atoms with Crippen LogP contribution in [0.1, 0.15) is 33.9 Å². The van der Waals surface area contributed by atoms with E-state index in [4.69, 9.17) is 19.9 Å². The fourth-order valence-corrected chi connectivity index (χ4v) is 4.94. The SMILES string of the molecule is Cc1ccccc1-c1nc2c3c(ncn2n1)Oc1c(c(C)nn1-c1ccccc1)[C@H]3c1cccnc1. The molecule has 4 aromatic heterocycles. The minimum Gasteiger partial charge on any atom is -0.420 e. The molecule has 0 spiro atoms. The highest BCUT2D eigenvalue weighted by Crippen LogP contribution is 2.49. The topological polar surface area (TPSA) is 83.0 Å². The number of benzene rings is 2. The molecule has 0 aliphatic carbocycles. The van der Waals surface area contributed by atoms with Crippen molar-refractivity contribution in [1.82, 2.24) is 34.3 Å². The Labute approximate surface area is 206 Å². The van der Waals surface area contributed by atoms with Gasteiger partial charge in [-0.15, -0.1) is 5.10 Å². The predicted molar refractivity (Wildman–Crippen MR) is 135 cm³/mol. The molecular formula is C28H21N7O. The van der Waals surface area contributed by atoms with Crippen molar-refractivity contribution in [3.05, 3.63) is 113 Å². The molecule has 0 saturated carbocycles. The maximum absolute atomic E-state index is 6.47. The summed E-state index contributed by atoms with van der Waals surface area (Å²) in [7, 11) is 0. The smallest absolute Gasteiger partial charge is 0.230 e. The average Bonchev–Trinajstić information content (AvgIpc) is 3.50. The van der Waals surface area contributed by atoms with E-state index < -0.39 is 0 Å². The number of ether oxygens (including phenoxy) is 1. The highest BCUT2D eigenvalue weighted by Gasteiger charge is 2.38. The van der Waals surface area contributed by atoms with E-state index in [1.807, 2.05) is 72.4 Å². The minimum absolute atomic E-state index is 0.222. The van der Waals surface area contributed by atoms with Crippen molar-refractivity contribution in [2.45, 2.75) is 19.8 Å². The number of para-hydroxylation sites is 1. The molecule has 5 heterocycles. The van der Waals surface area contributed by atoms with E-state index in [9.17, 15) is 0 Å². The Morgan fingerprint density at radius 3 is 2.50 bits per heavy atom. The average molecular weight is 472 g/mol. The summed E-state index contributed by atoms with van der Waals surface area (Å²) < 4.78 is 10.0. The fourth-order valence-electron chi connectivity index (χ4n) is 4.94. The standard InChI is InChI=1S/C28H21N7O/c1-17-9-6-7-13-21(17)25-31-26-24-23(19-10-8-14-29-15-19)22-18(2)32-35(20-11-4-3-5-12-20)28(22)36-27(24)30-16-34(26)33-25/h3-16,23H,1-2H3/t23-/m1/s1. The first-order valence-electron chi connectivity index (χ1n) is 11.7. The number of fused-ring (bicyclic) bond motifs is 4. The van der Waals surface area contributed by atoms with Gasteiger partial charge in [0, 0.05) is 18.0 Å². The van der Waals surface area contributed by atoms with Gasteiger partial charge in [0.05, 0.1) is 28.4 Å². The molecule has 2 aromatic carbocycles. The Morgan fingerprint density at radius 1 is 0.861 bits per heavy atom. The lowest BCUT2D eigenvalue weighted by Gasteiger charge is -2.26. The summed E-state index contributed by atoms with van der Waals surface area (Å²) >= 11 is 0. The summed E-state index contributed by atoms with van der Waals surface area (Å²) in [5.41, 5.74) is 7.40. The minimum atomic E-state index is -0.222. The van der Waals surface area contributed by atoms with Gasteiger partial charge in [0.1, 0.15) is 6.33 Å². The van der Waals surface area contributed by atoms with Crippen LogP contribution >= 0.6 is 0 Å². The first-order chi connectivity index (χ1) is 17.7. The first-order valence-corrected chi connectivity index (χ1v) is 11.7. The summed E-state index contributed by atoms with van der Waals surface area (Å²) in [5, 5.41) is 9.63. The van der Waals surface area contributed by atoms with Crippen LogP contribution < -0.4 is 4.74 Å². The number of aromatic nitrogens is 7. The van der Waals surface area contributed by atoms with Gasteiger partial charge in [-0.2, -0.15) is 5.10 Å². The van der Waals surface area contributed by atoms with Crippen molar-refractivity contribution in [3.8, 4) is 28.8 Å². The molecule has 1 atom stereocenters. The third kappa shape index (κ3) is 3.04. The Hall–Kier alpha value is -4.85. The highest BCUT2D eigenvalue weighted by molar-refractivity contribution is 5.69. The Morgan fingerprint density at radius 2 is 1.69 bits per heavy atom. The van der Waals surface area contributed by atoms with E-state index in [0.717, 1.165) is 39.2 Å². The quantitative estimate of drug-likeness (QED) is 0.349. The van der Waals surface area contributed by atoms with E-state index >= 15 is 0 Å². The fraction of sp³-hybridized carbons (Fsp3) is 0.107. The Balaban J connectivity index is 1.50. The molecule has 8 nitrogen and oxygen atoms in total. The molecule has 7 rings (SSSR count). The number of hydrogen-bond donors (Lipinski definition) is 0. The van der Waals surface area contributed by atoms with Gasteiger partial charge in [0.25, 0.3) is 0 Å². The summed E-state index contributed by atoms with van der Waals surface area (Å²) in [5.74, 6) is 1.57. The van der Waals surface area contributed by atoms with Gasteiger partial charge in [-0.1, -0.05) is 48.5 Å². The summed E-state index contributed by atoms with van der Waals surface area (Å²) in [6.07, 6.45) is 5.31. The second-order valence-corrected chi connectivity index (χ2v) is 8.85. The lowest BCUT2D eigenvalue weighted by atomic mass is 9.85. The molecule has 8 heteroatoms. The molecule has 6 aromatic rings. The third-order valence-corrected chi connectivity index (χ3v) is 6.62. The van der Waals surface area contributed by atoms with Crippen molar-refractivity contribution in [3.63, 3.8) is 0 Å². The maximum atomic E-state index is 6.47. The van der Waals surface area contributed by atoms with Gasteiger partial charge >= 0.3 is 0 Å². The molecule has 174 valence electrons. The molecule has 1 aliphatic heterocycles. The molecule has 0 N–H and O–H groups in total. The lowest BCUT2D eigenvalue weighted by Crippen LogP contribution is -2.16. The van der Waals surface area contributed by atoms with Gasteiger partial charge in [-0.25, -0.2) is 19.2 Å². The zero-order valence-corrected chi connectivity index (χ0v) is 19.7. The number of rotatable bonds is 3. The van der Waals surface area contributed by atoms with Crippen molar-refractivity contribution in [2.75, 3.05) is 0 Å². The molecule has 0 bridgehead atoms. The van der Waals surface area contributed by atoms with Crippen molar-refractivity contribution < 1.29 is 4.74 Å². The van der Waals surface area contributed by atoms with Crippen LogP contribution in [0.5, 0.6) is 11.8 Å². The van der Waals surface area contributed by atoms with Crippen molar-refractivity contribution in [2.24, 2.45) is 0 Å². The monoisotopic (exact) mass is 471 g/mol. The molecule has 1 aliphatic rings. The van der Waals surface area contributed by atoms with Gasteiger partial charge in [0.2, 0.25) is 11.8 Å². The number of nitrogens with zero attached hydrogens (tertiary/aromatic N) is 7. The Bertz CT molecular complexity index is 1740. The lowest BCUT2D eigenvalue weighted by molar-refractivity contribution is 0.402. The highest BCUT2D eigenvalue weighted by atomic mass is 16.5. The van der Waals surface area contributed by atoms with Gasteiger partial charge in [-0.3, -0.25) is 4.98 Å². The molecule has 0 saturated heterocycles. The van der Waals surface area contributed by atoms with Crippen LogP contribution in [0.2, 0.25) is 0 Å². The van der Waals surface area contributed by atoms with Crippen molar-refractivity contribution in [1.29, 1.82) is 0 Å². The molecular weight excluding hydrogens is 450 g/mol. The van der Waals surface area contributed by atoms with Gasteiger partial charge < -0.3 is 4.74 Å². The van der Waals surface area contributed by atoms with Crippen LogP contribution in [-0.2, 0) is 0 Å². The molecule has 0 fully saturated rings. The Kier molecular flexibility index (Phi) is 4.47. The zero-order chi connectivity index (χ0) is 24.2. The molecule has 0 amide bonds. The van der Waals surface area contributed by atoms with Crippen LogP contribution in [0.25, 0.3) is 22.7 Å². The number of aryl methyl sites for hydroxylation is 2. The number of pyridine rings is 1. The summed E-state index contributed by atoms with van der Waals surface area (Å²) in [6, 6.07) is 22.1. The molecule has 0 radical (unpaired) electrons. The predicted octanol–water partition coefficient (Wildman–Crippen LogP) is 5.27. The van der Waals surface area contributed by atoms with Crippen LogP contribution in [-0.4, -0.2) is 34.3 Å². The van der Waals surface area contributed by atoms with Crippen LogP contribution in [0, 0.1) is 13.8 Å². The van der Waals surface area contributed by atoms with Crippen molar-refractivity contribution >= 4 is 5.65 Å². The molecule has 36 heavy (non-hydrogen) atoms. The zero-order valence-electron chi connectivity index (χ0n) is 19.7. The third-order valence-electron chi connectivity index (χ3n) is 6.62. The number of hydrogen-bond acceptors (Lipinski definition) is 6. The van der Waals surface area contributed by atoms with E-state index in [1.54, 1.807) is 17.0 Å². The maximum Gasteiger partial charge on any atom is 0.230 e. The normalized spacial score (nSPS) is 14.3. The van der Waals surface area contributed by atoms with Crippen LogP contribution in [0.4, 0.5) is 0 Å². The second kappa shape index (κ2) is 7.84. The summed E-state index contributed by atoms with van der Waals surface area (Å²) in [6.45, 7) is 4.07. The largest absolute Gasteiger partial charge is 0.420 e. The van der Waals surface area contributed by atoms with E-state index in [1.165, 1.54) is 0 Å².